The molecular weight excluding hydrogens is 356 g/mol. The summed E-state index contributed by atoms with van der Waals surface area (Å²) in [6, 6.07) is 9.87. The van der Waals surface area contributed by atoms with Crippen molar-refractivity contribution in [3.8, 4) is 6.07 Å². The van der Waals surface area contributed by atoms with Crippen molar-refractivity contribution in [3.05, 3.63) is 51.9 Å². The zero-order valence-electron chi connectivity index (χ0n) is 13.7. The lowest BCUT2D eigenvalue weighted by atomic mass is 10.0. The highest BCUT2D eigenvalue weighted by atomic mass is 32.2. The maximum Gasteiger partial charge on any atom is 0.323 e. The summed E-state index contributed by atoms with van der Waals surface area (Å²) in [7, 11) is 0. The minimum atomic E-state index is -1.14. The van der Waals surface area contributed by atoms with Gasteiger partial charge in [0.15, 0.2) is 0 Å². The highest BCUT2D eigenvalue weighted by Crippen LogP contribution is 2.31. The molecule has 0 aliphatic carbocycles. The Morgan fingerprint density at radius 1 is 1.40 bits per heavy atom. The number of thiocarbonyl (C=S) groups is 1. The van der Waals surface area contributed by atoms with Crippen LogP contribution in [0.15, 0.2) is 40.8 Å². The maximum absolute atomic E-state index is 12.2. The molecule has 25 heavy (non-hydrogen) atoms. The number of benzene rings is 1. The molecule has 0 atom stereocenters. The highest BCUT2D eigenvalue weighted by Gasteiger charge is 2.33. The Balaban J connectivity index is 2.25. The fraction of sp³-hybridized carbons (Fsp3) is 0.222. The Hall–Kier alpha value is -2.43. The minimum absolute atomic E-state index is 0.178. The molecule has 1 amide bonds. The predicted molar refractivity (Wildman–Crippen MR) is 102 cm³/mol. The molecule has 0 saturated carbocycles. The van der Waals surface area contributed by atoms with Crippen LogP contribution >= 0.6 is 24.0 Å². The number of nitrogens with zero attached hydrogens (tertiary/aromatic N) is 2. The molecule has 1 N–H and O–H groups in total. The first-order valence-corrected chi connectivity index (χ1v) is 8.73. The number of allylic oxidation sites excluding steroid dienone is 2. The molecule has 1 aromatic rings. The van der Waals surface area contributed by atoms with Crippen LogP contribution in [0.2, 0.25) is 0 Å². The minimum Gasteiger partial charge on any atom is -0.480 e. The quantitative estimate of drug-likeness (QED) is 0.484. The van der Waals surface area contributed by atoms with Gasteiger partial charge in [-0.2, -0.15) is 5.26 Å². The second-order valence-electron chi connectivity index (χ2n) is 5.69. The van der Waals surface area contributed by atoms with Gasteiger partial charge in [-0.15, -0.1) is 0 Å². The van der Waals surface area contributed by atoms with Gasteiger partial charge in [0, 0.05) is 0 Å². The Kier molecular flexibility index (Phi) is 6.12. The van der Waals surface area contributed by atoms with Crippen molar-refractivity contribution < 1.29 is 14.7 Å². The van der Waals surface area contributed by atoms with Gasteiger partial charge in [0.2, 0.25) is 0 Å². The molecule has 0 radical (unpaired) electrons. The largest absolute Gasteiger partial charge is 0.480 e. The van der Waals surface area contributed by atoms with Crippen LogP contribution in [0.5, 0.6) is 0 Å². The molecule has 7 heteroatoms. The van der Waals surface area contributed by atoms with Crippen molar-refractivity contribution in [3.63, 3.8) is 0 Å². The Morgan fingerprint density at radius 2 is 2.04 bits per heavy atom. The van der Waals surface area contributed by atoms with E-state index in [0.717, 1.165) is 22.2 Å². The van der Waals surface area contributed by atoms with E-state index in [9.17, 15) is 14.9 Å². The van der Waals surface area contributed by atoms with Crippen LogP contribution in [0.3, 0.4) is 0 Å². The van der Waals surface area contributed by atoms with Crippen molar-refractivity contribution in [2.75, 3.05) is 6.54 Å². The average Bonchev–Trinajstić information content (AvgIpc) is 2.81. The van der Waals surface area contributed by atoms with Crippen LogP contribution in [0.1, 0.15) is 30.9 Å². The molecule has 5 nitrogen and oxygen atoms in total. The fourth-order valence-electron chi connectivity index (χ4n) is 2.18. The van der Waals surface area contributed by atoms with Crippen LogP contribution in [0, 0.1) is 11.3 Å². The van der Waals surface area contributed by atoms with Gasteiger partial charge in [0.25, 0.3) is 5.91 Å². The monoisotopic (exact) mass is 372 g/mol. The number of carbonyl (C=O) groups is 2. The fourth-order valence-corrected chi connectivity index (χ4v) is 3.42. The third kappa shape index (κ3) is 4.78. The van der Waals surface area contributed by atoms with Gasteiger partial charge in [0.1, 0.15) is 10.9 Å². The van der Waals surface area contributed by atoms with Crippen LogP contribution in [0.4, 0.5) is 0 Å². The van der Waals surface area contributed by atoms with Crippen molar-refractivity contribution in [1.82, 2.24) is 4.90 Å². The zero-order valence-corrected chi connectivity index (χ0v) is 15.4. The van der Waals surface area contributed by atoms with Gasteiger partial charge in [-0.1, -0.05) is 62.1 Å². The standard InChI is InChI=1S/C18H16N2O3S2/c1-11(2)14-5-3-12(4-6-14)7-13(9-19)8-15-17(23)20(10-16(21)22)18(24)25-15/h3-8,11H,10H2,1-2H3,(H,21,22)/b13-7-,15-8-. The summed E-state index contributed by atoms with van der Waals surface area (Å²) in [5.41, 5.74) is 2.34. The van der Waals surface area contributed by atoms with E-state index >= 15 is 0 Å². The molecule has 0 aromatic heterocycles. The lowest BCUT2D eigenvalue weighted by molar-refractivity contribution is -0.140. The molecule has 1 fully saturated rings. The maximum atomic E-state index is 12.2. The number of carbonyl (C=O) groups excluding carboxylic acids is 1. The van der Waals surface area contributed by atoms with E-state index in [0.29, 0.717) is 11.5 Å². The summed E-state index contributed by atoms with van der Waals surface area (Å²) >= 11 is 6.03. The predicted octanol–water partition coefficient (Wildman–Crippen LogP) is 3.55. The zero-order chi connectivity index (χ0) is 18.6. The lowest BCUT2D eigenvalue weighted by Crippen LogP contribution is -2.33. The van der Waals surface area contributed by atoms with Gasteiger partial charge in [-0.05, 0) is 29.2 Å². The molecule has 1 heterocycles. The number of carboxylic acids is 1. The van der Waals surface area contributed by atoms with Crippen molar-refractivity contribution in [2.45, 2.75) is 19.8 Å². The normalized spacial score (nSPS) is 16.6. The van der Waals surface area contributed by atoms with Gasteiger partial charge < -0.3 is 5.11 Å². The summed E-state index contributed by atoms with van der Waals surface area (Å²) in [6.07, 6.45) is 3.12. The van der Waals surface area contributed by atoms with Gasteiger partial charge in [-0.3, -0.25) is 14.5 Å². The molecule has 1 aromatic carbocycles. The van der Waals surface area contributed by atoms with E-state index in [-0.39, 0.29) is 9.23 Å². The first-order valence-electron chi connectivity index (χ1n) is 7.50. The molecule has 1 saturated heterocycles. The van der Waals surface area contributed by atoms with E-state index in [4.69, 9.17) is 17.3 Å². The van der Waals surface area contributed by atoms with Crippen LogP contribution in [0.25, 0.3) is 6.08 Å². The smallest absolute Gasteiger partial charge is 0.323 e. The first kappa shape index (κ1) is 18.9. The number of hydrogen-bond donors (Lipinski definition) is 1. The lowest BCUT2D eigenvalue weighted by Gasteiger charge is -2.10. The second-order valence-corrected chi connectivity index (χ2v) is 7.37. The second kappa shape index (κ2) is 8.10. The molecule has 1 aliphatic heterocycles. The Bertz CT molecular complexity index is 818. The molecule has 1 aliphatic rings. The summed E-state index contributed by atoms with van der Waals surface area (Å²) in [6.45, 7) is 3.72. The summed E-state index contributed by atoms with van der Waals surface area (Å²) < 4.78 is 0.178. The third-order valence-corrected chi connectivity index (χ3v) is 4.89. The van der Waals surface area contributed by atoms with Crippen molar-refractivity contribution >= 4 is 46.3 Å². The number of hydrogen-bond acceptors (Lipinski definition) is 5. The number of carboxylic acid groups (broad SMARTS) is 1. The SMILES string of the molecule is CC(C)c1ccc(/C=C(C#N)/C=C2\SC(=S)N(CC(=O)O)C2=O)cc1. The van der Waals surface area contributed by atoms with E-state index < -0.39 is 18.4 Å². The van der Waals surface area contributed by atoms with E-state index in [2.05, 4.69) is 13.8 Å². The van der Waals surface area contributed by atoms with Crippen molar-refractivity contribution in [1.29, 1.82) is 5.26 Å². The molecular formula is C18H16N2O3S2. The topological polar surface area (TPSA) is 81.4 Å². The molecule has 0 spiro atoms. The van der Waals surface area contributed by atoms with Crippen molar-refractivity contribution in [2.24, 2.45) is 0 Å². The van der Waals surface area contributed by atoms with Gasteiger partial charge in [-0.25, -0.2) is 0 Å². The van der Waals surface area contributed by atoms with Crippen LogP contribution < -0.4 is 0 Å². The van der Waals surface area contributed by atoms with E-state index in [1.54, 1.807) is 6.08 Å². The summed E-state index contributed by atoms with van der Waals surface area (Å²) in [4.78, 5) is 24.3. The van der Waals surface area contributed by atoms with E-state index in [1.807, 2.05) is 30.3 Å². The number of rotatable bonds is 5. The number of amides is 1. The first-order chi connectivity index (χ1) is 11.8. The summed E-state index contributed by atoms with van der Waals surface area (Å²) in [5.74, 6) is -1.21. The summed E-state index contributed by atoms with van der Waals surface area (Å²) in [5, 5.41) is 18.2. The number of thioether (sulfide) groups is 1. The number of nitriles is 1. The third-order valence-electron chi connectivity index (χ3n) is 3.51. The molecule has 128 valence electrons. The highest BCUT2D eigenvalue weighted by molar-refractivity contribution is 8.26. The Labute approximate surface area is 155 Å². The molecule has 0 bridgehead atoms. The van der Waals surface area contributed by atoms with E-state index in [1.165, 1.54) is 11.6 Å². The number of aliphatic carboxylic acids is 1. The molecule has 0 unspecified atom stereocenters. The van der Waals surface area contributed by atoms with Crippen LogP contribution in [-0.4, -0.2) is 32.7 Å². The van der Waals surface area contributed by atoms with Gasteiger partial charge in [0.05, 0.1) is 16.5 Å². The molecule has 2 rings (SSSR count). The van der Waals surface area contributed by atoms with Gasteiger partial charge >= 0.3 is 5.97 Å². The average molecular weight is 372 g/mol. The Morgan fingerprint density at radius 3 is 2.56 bits per heavy atom. The van der Waals surface area contributed by atoms with Crippen LogP contribution in [-0.2, 0) is 9.59 Å².